The zero-order chi connectivity index (χ0) is 36.7. The average molecular weight is 696 g/mol. The van der Waals surface area contributed by atoms with Crippen LogP contribution in [0.3, 0.4) is 0 Å². The highest BCUT2D eigenvalue weighted by molar-refractivity contribution is 5.85. The maximum atomic E-state index is 10.2. The average Bonchev–Trinajstić information content (AvgIpc) is 3.88. The van der Waals surface area contributed by atoms with Crippen LogP contribution >= 0.6 is 0 Å². The zero-order valence-corrected chi connectivity index (χ0v) is 29.9. The smallest absolute Gasteiger partial charge is 0.165 e. The van der Waals surface area contributed by atoms with Gasteiger partial charge in [-0.25, -0.2) is 15.0 Å². The molecule has 1 spiro atoms. The molecule has 52 heavy (non-hydrogen) atoms. The highest BCUT2D eigenvalue weighted by Gasteiger charge is 2.42. The second-order valence-electron chi connectivity index (χ2n) is 13.3. The lowest BCUT2D eigenvalue weighted by atomic mass is 9.86. The number of anilines is 1. The Kier molecular flexibility index (Phi) is 11.2. The first-order valence-corrected chi connectivity index (χ1v) is 17.7. The Morgan fingerprint density at radius 1 is 0.846 bits per heavy atom. The largest absolute Gasteiger partial charge is 0.507 e. The summed E-state index contributed by atoms with van der Waals surface area (Å²) < 4.78 is 2.11. The van der Waals surface area contributed by atoms with Crippen LogP contribution < -0.4 is 5.73 Å². The van der Waals surface area contributed by atoms with Crippen LogP contribution in [0.15, 0.2) is 103 Å². The van der Waals surface area contributed by atoms with E-state index >= 15 is 0 Å². The van der Waals surface area contributed by atoms with Crippen LogP contribution in [0, 0.1) is 5.41 Å². The van der Waals surface area contributed by atoms with Gasteiger partial charge < -0.3 is 15.7 Å². The van der Waals surface area contributed by atoms with E-state index in [0.717, 1.165) is 46.0 Å². The van der Waals surface area contributed by atoms with Crippen molar-refractivity contribution in [3.05, 3.63) is 120 Å². The molecule has 0 amide bonds. The number of carbonyl (C=O) groups is 2. The number of aldehydes is 2. The molecule has 1 atom stereocenters. The van der Waals surface area contributed by atoms with Crippen molar-refractivity contribution in [3.8, 4) is 34.1 Å². The van der Waals surface area contributed by atoms with Crippen molar-refractivity contribution >= 4 is 29.6 Å². The van der Waals surface area contributed by atoms with E-state index in [1.165, 1.54) is 62.8 Å². The van der Waals surface area contributed by atoms with Gasteiger partial charge in [0.05, 0.1) is 16.8 Å². The van der Waals surface area contributed by atoms with Gasteiger partial charge in [0.25, 0.3) is 0 Å². The normalized spacial score (nSPS) is 17.0. The lowest BCUT2D eigenvalue weighted by Crippen LogP contribution is -2.29. The molecule has 0 bridgehead atoms. The van der Waals surface area contributed by atoms with Gasteiger partial charge in [-0.3, -0.25) is 19.1 Å². The molecule has 10 nitrogen and oxygen atoms in total. The molecule has 5 heterocycles. The third-order valence-corrected chi connectivity index (χ3v) is 9.72. The van der Waals surface area contributed by atoms with Gasteiger partial charge in [-0.05, 0) is 98.6 Å². The number of pyridine rings is 2. The summed E-state index contributed by atoms with van der Waals surface area (Å²) in [7, 11) is 2.25. The molecule has 3 aromatic carbocycles. The van der Waals surface area contributed by atoms with E-state index in [1.807, 2.05) is 56.3 Å². The SMILES string of the molecule is CC.CN1CCC2(CCN(Cc3ccc(-n4c(-c5cccnc5N)nc5ccc(-c6ccccc6)nc54)cc3)C2)C1.O=Cc1ccc(O)c(C=O)c1. The van der Waals surface area contributed by atoms with E-state index in [2.05, 4.69) is 62.8 Å². The minimum absolute atomic E-state index is 0.106. The molecule has 3 N–H and O–H groups in total. The lowest BCUT2D eigenvalue weighted by molar-refractivity contribution is 0.112. The van der Waals surface area contributed by atoms with Crippen LogP contribution in [0.2, 0.25) is 0 Å². The summed E-state index contributed by atoms with van der Waals surface area (Å²) in [6, 6.07) is 31.1. The van der Waals surface area contributed by atoms with Crippen LogP contribution in [0.4, 0.5) is 5.82 Å². The number of nitrogens with two attached hydrogens (primary N) is 1. The number of aromatic nitrogens is 4. The van der Waals surface area contributed by atoms with E-state index in [-0.39, 0.29) is 11.3 Å². The fraction of sp³-hybridized carbons (Fsp3) is 0.262. The van der Waals surface area contributed by atoms with Crippen LogP contribution in [0.5, 0.6) is 5.75 Å². The van der Waals surface area contributed by atoms with Crippen molar-refractivity contribution < 1.29 is 14.7 Å². The Bertz CT molecular complexity index is 2150. The van der Waals surface area contributed by atoms with Gasteiger partial charge in [-0.1, -0.05) is 56.3 Å². The molecule has 2 fully saturated rings. The van der Waals surface area contributed by atoms with Crippen molar-refractivity contribution in [2.45, 2.75) is 33.2 Å². The van der Waals surface area contributed by atoms with Crippen LogP contribution in [-0.4, -0.2) is 80.2 Å². The summed E-state index contributed by atoms with van der Waals surface area (Å²) in [5, 5.41) is 8.98. The number of aromatic hydroxyl groups is 1. The molecule has 1 unspecified atom stereocenters. The Hall–Kier alpha value is -5.71. The summed E-state index contributed by atoms with van der Waals surface area (Å²) in [6.45, 7) is 9.81. The van der Waals surface area contributed by atoms with Gasteiger partial charge in [0.15, 0.2) is 17.8 Å². The predicted molar refractivity (Wildman–Crippen MR) is 207 cm³/mol. The van der Waals surface area contributed by atoms with Gasteiger partial charge in [0, 0.05) is 42.6 Å². The molecular formula is C42H45N7O3. The summed E-state index contributed by atoms with van der Waals surface area (Å²) in [5.74, 6) is 1.09. The number of hydrogen-bond acceptors (Lipinski definition) is 9. The summed E-state index contributed by atoms with van der Waals surface area (Å²) >= 11 is 0. The number of fused-ring (bicyclic) bond motifs is 1. The first-order chi connectivity index (χ1) is 25.3. The zero-order valence-electron chi connectivity index (χ0n) is 29.9. The Morgan fingerprint density at radius 3 is 2.31 bits per heavy atom. The van der Waals surface area contributed by atoms with Crippen LogP contribution in [0.1, 0.15) is 53.0 Å². The van der Waals surface area contributed by atoms with E-state index in [0.29, 0.717) is 29.4 Å². The molecule has 8 rings (SSSR count). The minimum atomic E-state index is -0.106. The molecule has 0 saturated carbocycles. The summed E-state index contributed by atoms with van der Waals surface area (Å²) in [6.07, 6.45) is 5.46. The van der Waals surface area contributed by atoms with Crippen molar-refractivity contribution in [2.24, 2.45) is 5.41 Å². The molecule has 6 aromatic rings. The van der Waals surface area contributed by atoms with Gasteiger partial charge in [0.1, 0.15) is 23.4 Å². The number of phenolic OH excluding ortho intramolecular Hbond substituents is 1. The fourth-order valence-electron chi connectivity index (χ4n) is 7.16. The third-order valence-electron chi connectivity index (χ3n) is 9.72. The third kappa shape index (κ3) is 7.78. The van der Waals surface area contributed by atoms with Crippen molar-refractivity contribution in [1.82, 2.24) is 29.3 Å². The van der Waals surface area contributed by atoms with Crippen molar-refractivity contribution in [3.63, 3.8) is 0 Å². The number of nitrogen functional groups attached to an aromatic ring is 1. The van der Waals surface area contributed by atoms with E-state index in [1.54, 1.807) is 6.20 Å². The Balaban J connectivity index is 0.000000305. The fourth-order valence-corrected chi connectivity index (χ4v) is 7.16. The topological polar surface area (TPSA) is 130 Å². The standard InChI is InChI=1S/C32H33N7.C8H6O3.C2H6/c1-37-18-15-32(21-37)16-19-38(22-32)20-23-9-11-25(12-10-23)39-30(26-8-5-17-34-29(26)33)36-28-14-13-27(35-31(28)39)24-6-3-2-4-7-24;9-4-6-1-2-8(11)7(3-6)5-10;1-2/h2-14,17H,15-16,18-22H2,1H3,(H2,33,34);1-5,11H;1-2H3. The highest BCUT2D eigenvalue weighted by Crippen LogP contribution is 2.39. The minimum Gasteiger partial charge on any atom is -0.507 e. The maximum Gasteiger partial charge on any atom is 0.165 e. The van der Waals surface area contributed by atoms with Gasteiger partial charge in [-0.15, -0.1) is 0 Å². The first-order valence-electron chi connectivity index (χ1n) is 17.7. The number of rotatable bonds is 7. The van der Waals surface area contributed by atoms with Gasteiger partial charge in [0.2, 0.25) is 0 Å². The molecule has 2 aliphatic heterocycles. The lowest BCUT2D eigenvalue weighted by Gasteiger charge is -2.24. The highest BCUT2D eigenvalue weighted by atomic mass is 16.3. The molecule has 2 saturated heterocycles. The van der Waals surface area contributed by atoms with E-state index in [9.17, 15) is 9.59 Å². The van der Waals surface area contributed by atoms with Crippen LogP contribution in [-0.2, 0) is 6.54 Å². The number of benzene rings is 3. The molecule has 0 aliphatic carbocycles. The van der Waals surface area contributed by atoms with E-state index in [4.69, 9.17) is 20.8 Å². The number of hydrogen-bond donors (Lipinski definition) is 2. The van der Waals surface area contributed by atoms with Crippen molar-refractivity contribution in [1.29, 1.82) is 0 Å². The monoisotopic (exact) mass is 695 g/mol. The van der Waals surface area contributed by atoms with Gasteiger partial charge in [-0.2, -0.15) is 0 Å². The van der Waals surface area contributed by atoms with Crippen molar-refractivity contribution in [2.75, 3.05) is 39.0 Å². The molecule has 10 heteroatoms. The number of nitrogens with zero attached hydrogens (tertiary/aromatic N) is 6. The quantitative estimate of drug-likeness (QED) is 0.165. The number of phenols is 1. The predicted octanol–water partition coefficient (Wildman–Crippen LogP) is 7.30. The summed E-state index contributed by atoms with van der Waals surface area (Å²) in [5.41, 5.74) is 14.1. The molecule has 0 radical (unpaired) electrons. The molecule has 266 valence electrons. The second-order valence-corrected chi connectivity index (χ2v) is 13.3. The maximum absolute atomic E-state index is 10.2. The Labute approximate surface area is 304 Å². The van der Waals surface area contributed by atoms with Crippen LogP contribution in [0.25, 0.3) is 39.5 Å². The molecular weight excluding hydrogens is 651 g/mol. The van der Waals surface area contributed by atoms with Gasteiger partial charge >= 0.3 is 0 Å². The number of likely N-dealkylation sites (tertiary alicyclic amines) is 2. The molecule has 2 aliphatic rings. The number of carbonyl (C=O) groups excluding carboxylic acids is 2. The second kappa shape index (κ2) is 16.1. The van der Waals surface area contributed by atoms with E-state index < -0.39 is 0 Å². The summed E-state index contributed by atoms with van der Waals surface area (Å²) in [4.78, 5) is 39.9. The Morgan fingerprint density at radius 2 is 1.62 bits per heavy atom. The first kappa shape index (κ1) is 36.1. The molecule has 3 aromatic heterocycles. The number of imidazole rings is 1.